The average Bonchev–Trinajstić information content (AvgIpc) is 2.26. The second kappa shape index (κ2) is 4.31. The first kappa shape index (κ1) is 11.5. The van der Waals surface area contributed by atoms with Crippen LogP contribution in [0.3, 0.4) is 0 Å². The van der Waals surface area contributed by atoms with E-state index in [2.05, 4.69) is 0 Å². The summed E-state index contributed by atoms with van der Waals surface area (Å²) in [5.41, 5.74) is -0.786. The Labute approximate surface area is 90.3 Å². The molecule has 0 aliphatic heterocycles. The van der Waals surface area contributed by atoms with Crippen LogP contribution in [0.15, 0.2) is 12.1 Å². The van der Waals surface area contributed by atoms with Crippen molar-refractivity contribution in [3.63, 3.8) is 0 Å². The molecule has 0 fully saturated rings. The topological polar surface area (TPSA) is 101 Å². The van der Waals surface area contributed by atoms with Gasteiger partial charge in [0.2, 0.25) is 0 Å². The number of nitriles is 1. The Morgan fingerprint density at radius 3 is 2.56 bits per heavy atom. The third-order valence-electron chi connectivity index (χ3n) is 1.99. The summed E-state index contributed by atoms with van der Waals surface area (Å²) in [6, 6.07) is 3.61. The third-order valence-corrected chi connectivity index (χ3v) is 1.99. The lowest BCUT2D eigenvalue weighted by molar-refractivity contribution is -0.385. The number of rotatable bonds is 3. The lowest BCUT2D eigenvalue weighted by Crippen LogP contribution is -2.03. The van der Waals surface area contributed by atoms with Crippen LogP contribution in [0.1, 0.15) is 33.2 Å². The number of benzene rings is 1. The van der Waals surface area contributed by atoms with Crippen LogP contribution < -0.4 is 0 Å². The highest BCUT2D eigenvalue weighted by Crippen LogP contribution is 2.22. The molecule has 0 atom stereocenters. The lowest BCUT2D eigenvalue weighted by Gasteiger charge is -2.01. The molecule has 1 aromatic carbocycles. The fraction of sp³-hybridized carbons (Fsp3) is 0.100. The minimum atomic E-state index is -0.768. The molecule has 0 bridgehead atoms. The van der Waals surface area contributed by atoms with Crippen molar-refractivity contribution >= 4 is 17.8 Å². The van der Waals surface area contributed by atoms with Crippen LogP contribution in [0.25, 0.3) is 0 Å². The molecule has 1 rings (SSSR count). The van der Waals surface area contributed by atoms with Gasteiger partial charge in [0, 0.05) is 17.2 Å². The predicted octanol–water partition coefficient (Wildman–Crippen LogP) is 1.48. The maximum Gasteiger partial charge on any atom is 0.287 e. The van der Waals surface area contributed by atoms with E-state index in [9.17, 15) is 19.7 Å². The van der Waals surface area contributed by atoms with Crippen molar-refractivity contribution in [2.45, 2.75) is 6.92 Å². The second-order valence-electron chi connectivity index (χ2n) is 3.00. The van der Waals surface area contributed by atoms with Crippen LogP contribution in [0.5, 0.6) is 0 Å². The molecule has 6 nitrogen and oxygen atoms in total. The molecule has 0 saturated carbocycles. The Bertz CT molecular complexity index is 528. The van der Waals surface area contributed by atoms with Crippen LogP contribution in [-0.4, -0.2) is 17.0 Å². The van der Waals surface area contributed by atoms with Crippen LogP contribution >= 0.6 is 0 Å². The molecule has 0 aliphatic rings. The molecule has 0 unspecified atom stereocenters. The lowest BCUT2D eigenvalue weighted by atomic mass is 10.0. The summed E-state index contributed by atoms with van der Waals surface area (Å²) in [5, 5.41) is 19.3. The molecule has 0 saturated heterocycles. The van der Waals surface area contributed by atoms with E-state index in [0.29, 0.717) is 6.29 Å². The van der Waals surface area contributed by atoms with E-state index >= 15 is 0 Å². The number of hydrogen-bond acceptors (Lipinski definition) is 5. The molecular weight excluding hydrogens is 212 g/mol. The zero-order valence-corrected chi connectivity index (χ0v) is 8.26. The van der Waals surface area contributed by atoms with Crippen molar-refractivity contribution in [2.75, 3.05) is 0 Å². The van der Waals surface area contributed by atoms with Gasteiger partial charge in [-0.05, 0) is 13.0 Å². The first-order valence-corrected chi connectivity index (χ1v) is 4.20. The van der Waals surface area contributed by atoms with Crippen molar-refractivity contribution in [3.05, 3.63) is 38.9 Å². The number of nitro benzene ring substituents is 1. The monoisotopic (exact) mass is 218 g/mol. The molecule has 0 aliphatic carbocycles. The molecule has 0 aromatic heterocycles. The maximum atomic E-state index is 11.1. The Morgan fingerprint density at radius 1 is 1.56 bits per heavy atom. The van der Waals surface area contributed by atoms with E-state index in [0.717, 1.165) is 12.1 Å². The third kappa shape index (κ3) is 1.93. The molecule has 0 N–H and O–H groups in total. The smallest absolute Gasteiger partial charge is 0.287 e. The summed E-state index contributed by atoms with van der Waals surface area (Å²) in [7, 11) is 0. The van der Waals surface area contributed by atoms with Gasteiger partial charge in [-0.25, -0.2) is 0 Å². The highest BCUT2D eigenvalue weighted by atomic mass is 16.6. The summed E-state index contributed by atoms with van der Waals surface area (Å²) in [6.07, 6.45) is 0.352. The van der Waals surface area contributed by atoms with E-state index in [1.165, 1.54) is 6.92 Å². The normalized spacial score (nSPS) is 9.25. The summed E-state index contributed by atoms with van der Waals surface area (Å²) in [4.78, 5) is 31.6. The molecule has 0 radical (unpaired) electrons. The Kier molecular flexibility index (Phi) is 3.11. The minimum absolute atomic E-state index is 0.0113. The van der Waals surface area contributed by atoms with Crippen molar-refractivity contribution in [1.29, 1.82) is 5.26 Å². The predicted molar refractivity (Wildman–Crippen MR) is 53.2 cm³/mol. The van der Waals surface area contributed by atoms with Gasteiger partial charge in [0.05, 0.1) is 4.92 Å². The molecule has 1 aromatic rings. The fourth-order valence-electron chi connectivity index (χ4n) is 1.25. The molecule has 16 heavy (non-hydrogen) atoms. The summed E-state index contributed by atoms with van der Waals surface area (Å²) >= 11 is 0. The fourth-order valence-corrected chi connectivity index (χ4v) is 1.25. The highest BCUT2D eigenvalue weighted by Gasteiger charge is 2.19. The zero-order valence-electron chi connectivity index (χ0n) is 8.26. The van der Waals surface area contributed by atoms with E-state index in [1.54, 1.807) is 6.07 Å². The summed E-state index contributed by atoms with van der Waals surface area (Å²) < 4.78 is 0. The van der Waals surface area contributed by atoms with Gasteiger partial charge in [0.25, 0.3) is 5.69 Å². The zero-order chi connectivity index (χ0) is 12.3. The highest BCUT2D eigenvalue weighted by molar-refractivity contribution is 6.02. The van der Waals surface area contributed by atoms with Gasteiger partial charge in [-0.3, -0.25) is 19.7 Å². The van der Waals surface area contributed by atoms with Crippen molar-refractivity contribution in [2.24, 2.45) is 0 Å². The Morgan fingerprint density at radius 2 is 2.19 bits per heavy atom. The first-order valence-electron chi connectivity index (χ1n) is 4.20. The standard InChI is InChI=1S/C10H6N2O4/c1-6(14)9-2-7(4-11)10(12(15)16)3-8(9)5-13/h2-3,5H,1H3. The number of nitrogens with zero attached hydrogens (tertiary/aromatic N) is 2. The van der Waals surface area contributed by atoms with Crippen molar-refractivity contribution in [3.8, 4) is 6.07 Å². The van der Waals surface area contributed by atoms with E-state index in [4.69, 9.17) is 5.26 Å². The first-order chi connectivity index (χ1) is 7.51. The molecule has 0 spiro atoms. The number of ketones is 1. The van der Waals surface area contributed by atoms with E-state index in [1.807, 2.05) is 0 Å². The largest absolute Gasteiger partial charge is 0.298 e. The van der Waals surface area contributed by atoms with Gasteiger partial charge >= 0.3 is 0 Å². The molecule has 6 heteroatoms. The van der Waals surface area contributed by atoms with Gasteiger partial charge < -0.3 is 0 Å². The number of aldehydes is 1. The Hall–Kier alpha value is -2.55. The number of hydrogen-bond donors (Lipinski definition) is 0. The summed E-state index contributed by atoms with van der Waals surface area (Å²) in [6.45, 7) is 1.22. The van der Waals surface area contributed by atoms with E-state index in [-0.39, 0.29) is 16.7 Å². The second-order valence-corrected chi connectivity index (χ2v) is 3.00. The molecular formula is C10H6N2O4. The minimum Gasteiger partial charge on any atom is -0.298 e. The maximum absolute atomic E-state index is 11.1. The molecule has 0 heterocycles. The van der Waals surface area contributed by atoms with Gasteiger partial charge in [-0.1, -0.05) is 0 Å². The molecule has 0 amide bonds. The van der Waals surface area contributed by atoms with E-state index < -0.39 is 16.4 Å². The van der Waals surface area contributed by atoms with Crippen LogP contribution in [-0.2, 0) is 0 Å². The van der Waals surface area contributed by atoms with Crippen LogP contribution in [0.2, 0.25) is 0 Å². The van der Waals surface area contributed by atoms with Crippen molar-refractivity contribution in [1.82, 2.24) is 0 Å². The van der Waals surface area contributed by atoms with Crippen molar-refractivity contribution < 1.29 is 14.5 Å². The van der Waals surface area contributed by atoms with Gasteiger partial charge in [-0.2, -0.15) is 5.26 Å². The quantitative estimate of drug-likeness (QED) is 0.331. The number of carbonyl (C=O) groups excluding carboxylic acids is 2. The number of nitro groups is 1. The Balaban J connectivity index is 3.60. The number of Topliss-reactive ketones (excluding diaryl/α,β-unsaturated/α-hetero) is 1. The SMILES string of the molecule is CC(=O)c1cc(C#N)c([N+](=O)[O-])cc1C=O. The number of carbonyl (C=O) groups is 2. The van der Waals surface area contributed by atoms with Crippen LogP contribution in [0.4, 0.5) is 5.69 Å². The van der Waals surface area contributed by atoms with Crippen LogP contribution in [0, 0.1) is 21.4 Å². The van der Waals surface area contributed by atoms with Gasteiger partial charge in [0.15, 0.2) is 12.1 Å². The summed E-state index contributed by atoms with van der Waals surface area (Å²) in [5.74, 6) is -0.423. The van der Waals surface area contributed by atoms with Gasteiger partial charge in [-0.15, -0.1) is 0 Å². The average molecular weight is 218 g/mol. The molecule has 80 valence electrons. The van der Waals surface area contributed by atoms with Gasteiger partial charge in [0.1, 0.15) is 11.6 Å².